The second kappa shape index (κ2) is 1.98. The third-order valence-corrected chi connectivity index (χ3v) is 0.888. The lowest BCUT2D eigenvalue weighted by Crippen LogP contribution is -2.09. The fourth-order valence-corrected chi connectivity index (χ4v) is 0.537. The standard InChI is InChI=1S/C5H8N2/c1-5-4-6-2-3-7-5/h1-4H2. The maximum atomic E-state index is 4.06. The second-order valence-corrected chi connectivity index (χ2v) is 1.55. The number of hydrogen-bond acceptors (Lipinski definition) is 1. The molecule has 0 saturated heterocycles. The van der Waals surface area contributed by atoms with Gasteiger partial charge in [0.1, 0.15) is 6.92 Å². The zero-order valence-corrected chi connectivity index (χ0v) is 4.22. The average Bonchev–Trinajstić information content (AvgIpc) is 1.69. The molecule has 0 unspecified atom stereocenters. The molecule has 0 aromatic rings. The summed E-state index contributed by atoms with van der Waals surface area (Å²) in [5.41, 5.74) is 0.922. The summed E-state index contributed by atoms with van der Waals surface area (Å²) in [7, 11) is 0. The van der Waals surface area contributed by atoms with Crippen LogP contribution < -0.4 is 0 Å². The van der Waals surface area contributed by atoms with Crippen molar-refractivity contribution in [2.75, 3.05) is 19.6 Å². The third-order valence-electron chi connectivity index (χ3n) is 0.888. The minimum absolute atomic E-state index is 0.750. The molecule has 1 aliphatic heterocycles. The molecule has 0 saturated carbocycles. The van der Waals surface area contributed by atoms with Crippen LogP contribution in [0.4, 0.5) is 0 Å². The Balaban J connectivity index is 2.40. The van der Waals surface area contributed by atoms with Crippen LogP contribution in [-0.2, 0) is 0 Å². The lowest BCUT2D eigenvalue weighted by molar-refractivity contribution is 0.992. The van der Waals surface area contributed by atoms with Crippen molar-refractivity contribution in [3.05, 3.63) is 12.2 Å². The van der Waals surface area contributed by atoms with Gasteiger partial charge in [-0.3, -0.25) is 4.99 Å². The lowest BCUT2D eigenvalue weighted by atomic mass is 10.3. The molecule has 1 rings (SSSR count). The number of aliphatic imine (C=N–C) groups is 1. The van der Waals surface area contributed by atoms with Gasteiger partial charge in [0.05, 0.1) is 0 Å². The van der Waals surface area contributed by atoms with Gasteiger partial charge in [-0.15, -0.1) is 6.54 Å². The van der Waals surface area contributed by atoms with Crippen LogP contribution in [0, 0.1) is 6.92 Å². The number of rotatable bonds is 0. The van der Waals surface area contributed by atoms with Crippen molar-refractivity contribution in [1.29, 1.82) is 0 Å². The van der Waals surface area contributed by atoms with Crippen molar-refractivity contribution in [1.82, 2.24) is 0 Å². The Morgan fingerprint density at radius 1 is 1.71 bits per heavy atom. The van der Waals surface area contributed by atoms with Gasteiger partial charge in [0.2, 0.25) is 0 Å². The van der Waals surface area contributed by atoms with Gasteiger partial charge in [0, 0.05) is 6.54 Å². The second-order valence-electron chi connectivity index (χ2n) is 1.55. The van der Waals surface area contributed by atoms with E-state index in [1.807, 2.05) is 0 Å². The fraction of sp³-hybridized carbons (Fsp3) is 0.600. The van der Waals surface area contributed by atoms with Gasteiger partial charge in [-0.1, -0.05) is 6.54 Å². The Bertz CT molecular complexity index is 86.1. The average molecular weight is 96.1 g/mol. The van der Waals surface area contributed by atoms with Crippen molar-refractivity contribution >= 4 is 5.71 Å². The van der Waals surface area contributed by atoms with E-state index in [4.69, 9.17) is 0 Å². The van der Waals surface area contributed by atoms with Crippen LogP contribution in [0.2, 0.25) is 0 Å². The zero-order valence-electron chi connectivity index (χ0n) is 4.22. The van der Waals surface area contributed by atoms with Gasteiger partial charge in [0.25, 0.3) is 0 Å². The van der Waals surface area contributed by atoms with Crippen LogP contribution in [0.1, 0.15) is 0 Å². The molecule has 0 radical (unpaired) electrons. The molecule has 38 valence electrons. The highest BCUT2D eigenvalue weighted by atomic mass is 15.0. The topological polar surface area (TPSA) is 26.5 Å². The van der Waals surface area contributed by atoms with Crippen molar-refractivity contribution in [2.24, 2.45) is 4.99 Å². The molecule has 0 spiro atoms. The molecule has 0 aliphatic carbocycles. The predicted octanol–water partition coefficient (Wildman–Crippen LogP) is 0.649. The number of hydrogen-bond donors (Lipinski definition) is 0. The molecule has 0 aromatic heterocycles. The van der Waals surface area contributed by atoms with E-state index < -0.39 is 0 Å². The zero-order chi connectivity index (χ0) is 5.11. The van der Waals surface area contributed by atoms with Gasteiger partial charge < -0.3 is 5.32 Å². The maximum absolute atomic E-state index is 4.06. The Morgan fingerprint density at radius 2 is 2.57 bits per heavy atom. The molecule has 0 amide bonds. The molecule has 2 nitrogen and oxygen atoms in total. The Kier molecular flexibility index (Phi) is 1.32. The highest BCUT2D eigenvalue weighted by Gasteiger charge is 1.92. The molecular weight excluding hydrogens is 88.1 g/mol. The van der Waals surface area contributed by atoms with Gasteiger partial charge in [-0.2, -0.15) is 0 Å². The van der Waals surface area contributed by atoms with Gasteiger partial charge in [-0.25, -0.2) is 0 Å². The summed E-state index contributed by atoms with van der Waals surface area (Å²) in [6, 6.07) is 0. The first kappa shape index (κ1) is 4.65. The Labute approximate surface area is 43.6 Å². The number of nitrogens with zero attached hydrogens (tertiary/aromatic N) is 2. The summed E-state index contributed by atoms with van der Waals surface area (Å²) in [4.78, 5) is 4.04. The largest absolute Gasteiger partial charge is 0.652 e. The van der Waals surface area contributed by atoms with Gasteiger partial charge >= 0.3 is 0 Å². The van der Waals surface area contributed by atoms with E-state index in [-0.39, 0.29) is 0 Å². The molecule has 0 fully saturated rings. The fourth-order valence-electron chi connectivity index (χ4n) is 0.537. The molecule has 0 N–H and O–H groups in total. The Morgan fingerprint density at radius 3 is 2.86 bits per heavy atom. The first-order chi connectivity index (χ1) is 3.39. The minimum Gasteiger partial charge on any atom is -0.652 e. The van der Waals surface area contributed by atoms with Crippen LogP contribution >= 0.6 is 0 Å². The van der Waals surface area contributed by atoms with E-state index >= 15 is 0 Å². The molecule has 1 aliphatic rings. The summed E-state index contributed by atoms with van der Waals surface area (Å²) in [5.74, 6) is 0. The predicted molar refractivity (Wildman–Crippen MR) is 30.8 cm³/mol. The summed E-state index contributed by atoms with van der Waals surface area (Å²) >= 11 is 0. The molecule has 0 aromatic carbocycles. The maximum Gasteiger partial charge on any atom is 0.169 e. The van der Waals surface area contributed by atoms with E-state index in [0.29, 0.717) is 0 Å². The van der Waals surface area contributed by atoms with Crippen molar-refractivity contribution < 1.29 is 0 Å². The van der Waals surface area contributed by atoms with E-state index in [0.717, 1.165) is 25.3 Å². The molecule has 1 heterocycles. The monoisotopic (exact) mass is 96.1 g/mol. The van der Waals surface area contributed by atoms with Crippen molar-refractivity contribution in [2.45, 2.75) is 0 Å². The SMILES string of the molecule is [CH2+]C1=NCC[N-]C1. The molecule has 0 bridgehead atoms. The lowest BCUT2D eigenvalue weighted by Gasteiger charge is -2.18. The quantitative estimate of drug-likeness (QED) is 0.396. The van der Waals surface area contributed by atoms with Crippen LogP contribution in [0.25, 0.3) is 5.32 Å². The first-order valence-corrected chi connectivity index (χ1v) is 2.38. The molecule has 0 atom stereocenters. The summed E-state index contributed by atoms with van der Waals surface area (Å²) in [6.45, 7) is 6.14. The molecule has 2 heteroatoms. The van der Waals surface area contributed by atoms with E-state index in [1.54, 1.807) is 0 Å². The molecule has 7 heavy (non-hydrogen) atoms. The minimum atomic E-state index is 0.750. The summed E-state index contributed by atoms with van der Waals surface area (Å²) < 4.78 is 0. The highest BCUT2D eigenvalue weighted by molar-refractivity contribution is 5.92. The smallest absolute Gasteiger partial charge is 0.169 e. The van der Waals surface area contributed by atoms with Gasteiger partial charge in [-0.05, 0) is 0 Å². The van der Waals surface area contributed by atoms with E-state index in [1.165, 1.54) is 0 Å². The van der Waals surface area contributed by atoms with Crippen LogP contribution in [0.3, 0.4) is 0 Å². The van der Waals surface area contributed by atoms with Crippen LogP contribution in [0.15, 0.2) is 4.99 Å². The van der Waals surface area contributed by atoms with E-state index in [2.05, 4.69) is 17.2 Å². The van der Waals surface area contributed by atoms with Crippen molar-refractivity contribution in [3.8, 4) is 0 Å². The Hall–Kier alpha value is -0.500. The van der Waals surface area contributed by atoms with Crippen molar-refractivity contribution in [3.63, 3.8) is 0 Å². The first-order valence-electron chi connectivity index (χ1n) is 2.38. The van der Waals surface area contributed by atoms with Crippen LogP contribution in [-0.4, -0.2) is 25.3 Å². The summed E-state index contributed by atoms with van der Waals surface area (Å²) in [5, 5.41) is 4.06. The third kappa shape index (κ3) is 1.20. The highest BCUT2D eigenvalue weighted by Crippen LogP contribution is 1.94. The van der Waals surface area contributed by atoms with Gasteiger partial charge in [0.15, 0.2) is 5.71 Å². The summed E-state index contributed by atoms with van der Waals surface area (Å²) in [6.07, 6.45) is 0. The normalized spacial score (nSPS) is 21.4. The van der Waals surface area contributed by atoms with E-state index in [9.17, 15) is 0 Å². The molecular formula is C5H8N2. The van der Waals surface area contributed by atoms with Crippen LogP contribution in [0.5, 0.6) is 0 Å².